The molecule has 0 saturated carbocycles. The highest BCUT2D eigenvalue weighted by molar-refractivity contribution is 7.13. The number of pyridine rings is 1. The summed E-state index contributed by atoms with van der Waals surface area (Å²) in [5.74, 6) is 0.0576. The van der Waals surface area contributed by atoms with E-state index < -0.39 is 0 Å². The zero-order chi connectivity index (χ0) is 15.7. The molecule has 2 aromatic heterocycles. The summed E-state index contributed by atoms with van der Waals surface area (Å²) in [7, 11) is 0. The highest BCUT2D eigenvalue weighted by Crippen LogP contribution is 2.25. The molecular weight excluding hydrogens is 298 g/mol. The number of aryl methyl sites for hydroxylation is 3. The second-order valence-corrected chi connectivity index (χ2v) is 6.69. The van der Waals surface area contributed by atoms with Crippen LogP contribution in [0.4, 0.5) is 0 Å². The van der Waals surface area contributed by atoms with Crippen molar-refractivity contribution in [2.75, 3.05) is 19.7 Å². The lowest BCUT2D eigenvalue weighted by molar-refractivity contribution is -0.0227. The zero-order valence-electron chi connectivity index (χ0n) is 13.0. The van der Waals surface area contributed by atoms with Crippen LogP contribution < -0.4 is 0 Å². The number of rotatable bonds is 2. The number of carbonyl (C=O) groups is 1. The molecule has 116 valence electrons. The number of morpholine rings is 1. The van der Waals surface area contributed by atoms with Gasteiger partial charge in [-0.15, -0.1) is 11.3 Å². The van der Waals surface area contributed by atoms with Crippen molar-refractivity contribution in [1.82, 2.24) is 14.9 Å². The van der Waals surface area contributed by atoms with Crippen molar-refractivity contribution in [3.8, 4) is 0 Å². The van der Waals surface area contributed by atoms with Gasteiger partial charge in [-0.05, 0) is 38.5 Å². The van der Waals surface area contributed by atoms with Gasteiger partial charge in [0.05, 0.1) is 23.9 Å². The summed E-state index contributed by atoms with van der Waals surface area (Å²) in [5, 5.41) is 0.926. The van der Waals surface area contributed by atoms with Crippen molar-refractivity contribution in [2.24, 2.45) is 0 Å². The second kappa shape index (κ2) is 6.14. The summed E-state index contributed by atoms with van der Waals surface area (Å²) >= 11 is 1.46. The monoisotopic (exact) mass is 317 g/mol. The van der Waals surface area contributed by atoms with Gasteiger partial charge in [0.15, 0.2) is 0 Å². The fraction of sp³-hybridized carbons (Fsp3) is 0.438. The van der Waals surface area contributed by atoms with E-state index in [-0.39, 0.29) is 12.0 Å². The van der Waals surface area contributed by atoms with Crippen molar-refractivity contribution in [1.29, 1.82) is 0 Å². The van der Waals surface area contributed by atoms with Gasteiger partial charge in [0, 0.05) is 18.4 Å². The Balaban J connectivity index is 1.78. The summed E-state index contributed by atoms with van der Waals surface area (Å²) in [4.78, 5) is 23.9. The van der Waals surface area contributed by atoms with Gasteiger partial charge in [-0.25, -0.2) is 4.98 Å². The summed E-state index contributed by atoms with van der Waals surface area (Å²) in [5.41, 5.74) is 2.84. The van der Waals surface area contributed by atoms with E-state index in [0.29, 0.717) is 19.7 Å². The standard InChI is InChI=1S/C16H19N3O2S/c1-10-8-13(4-5-17-10)14-9-19(6-7-21-14)16(20)15-11(2)18-12(3)22-15/h4-5,8,14H,6-7,9H2,1-3H3/t14-/m1/s1. The number of ether oxygens (including phenoxy) is 1. The molecule has 0 unspecified atom stereocenters. The van der Waals surface area contributed by atoms with E-state index in [1.165, 1.54) is 11.3 Å². The third-order valence-corrected chi connectivity index (χ3v) is 4.80. The first kappa shape index (κ1) is 15.1. The lowest BCUT2D eigenvalue weighted by Crippen LogP contribution is -2.42. The lowest BCUT2D eigenvalue weighted by Gasteiger charge is -2.33. The topological polar surface area (TPSA) is 55.3 Å². The molecule has 6 heteroatoms. The van der Waals surface area contributed by atoms with E-state index >= 15 is 0 Å². The Bertz CT molecular complexity index is 698. The zero-order valence-corrected chi connectivity index (χ0v) is 13.8. The fourth-order valence-corrected chi connectivity index (χ4v) is 3.56. The van der Waals surface area contributed by atoms with Crippen LogP contribution in [-0.2, 0) is 4.74 Å². The molecule has 2 aromatic rings. The molecule has 3 heterocycles. The molecule has 0 bridgehead atoms. The average molecular weight is 317 g/mol. The molecule has 0 spiro atoms. The van der Waals surface area contributed by atoms with Crippen molar-refractivity contribution >= 4 is 17.2 Å². The Hall–Kier alpha value is -1.79. The predicted octanol–water partition coefficient (Wildman–Crippen LogP) is 2.68. The van der Waals surface area contributed by atoms with Crippen LogP contribution in [-0.4, -0.2) is 40.5 Å². The first-order valence-electron chi connectivity index (χ1n) is 7.32. The van der Waals surface area contributed by atoms with Gasteiger partial charge in [-0.2, -0.15) is 0 Å². The smallest absolute Gasteiger partial charge is 0.266 e. The highest BCUT2D eigenvalue weighted by atomic mass is 32.1. The molecule has 22 heavy (non-hydrogen) atoms. The number of aromatic nitrogens is 2. The molecule has 1 saturated heterocycles. The molecule has 3 rings (SSSR count). The first-order valence-corrected chi connectivity index (χ1v) is 8.13. The molecular formula is C16H19N3O2S. The maximum atomic E-state index is 12.7. The molecule has 1 amide bonds. The lowest BCUT2D eigenvalue weighted by atomic mass is 10.1. The Labute approximate surface area is 134 Å². The van der Waals surface area contributed by atoms with Gasteiger partial charge in [0.25, 0.3) is 5.91 Å². The van der Waals surface area contributed by atoms with Gasteiger partial charge in [0.1, 0.15) is 11.0 Å². The van der Waals surface area contributed by atoms with Crippen LogP contribution in [0.25, 0.3) is 0 Å². The maximum Gasteiger partial charge on any atom is 0.266 e. The SMILES string of the molecule is Cc1cc([C@H]2CN(C(=O)c3sc(C)nc3C)CCO2)ccn1. The van der Waals surface area contributed by atoms with Gasteiger partial charge >= 0.3 is 0 Å². The largest absolute Gasteiger partial charge is 0.370 e. The van der Waals surface area contributed by atoms with Crippen molar-refractivity contribution in [2.45, 2.75) is 26.9 Å². The summed E-state index contributed by atoms with van der Waals surface area (Å²) in [6, 6.07) is 3.97. The van der Waals surface area contributed by atoms with E-state index in [0.717, 1.165) is 26.8 Å². The molecule has 0 aromatic carbocycles. The van der Waals surface area contributed by atoms with E-state index in [1.807, 2.05) is 37.8 Å². The molecule has 0 aliphatic carbocycles. The van der Waals surface area contributed by atoms with E-state index in [4.69, 9.17) is 4.74 Å². The Kier molecular flexibility index (Phi) is 4.22. The molecule has 1 aliphatic heterocycles. The number of carbonyl (C=O) groups excluding carboxylic acids is 1. The van der Waals surface area contributed by atoms with Gasteiger partial charge in [-0.1, -0.05) is 0 Å². The van der Waals surface area contributed by atoms with Crippen LogP contribution in [0.5, 0.6) is 0 Å². The summed E-state index contributed by atoms with van der Waals surface area (Å²) < 4.78 is 5.84. The third kappa shape index (κ3) is 3.03. The number of nitrogens with zero attached hydrogens (tertiary/aromatic N) is 3. The minimum absolute atomic E-state index is 0.0576. The quantitative estimate of drug-likeness (QED) is 0.854. The summed E-state index contributed by atoms with van der Waals surface area (Å²) in [6.45, 7) is 7.51. The maximum absolute atomic E-state index is 12.7. The van der Waals surface area contributed by atoms with Crippen LogP contribution in [0.3, 0.4) is 0 Å². The Morgan fingerprint density at radius 1 is 1.41 bits per heavy atom. The fourth-order valence-electron chi connectivity index (χ4n) is 2.68. The molecule has 0 N–H and O–H groups in total. The van der Waals surface area contributed by atoms with E-state index in [1.54, 1.807) is 6.20 Å². The number of hydrogen-bond acceptors (Lipinski definition) is 5. The minimum Gasteiger partial charge on any atom is -0.370 e. The van der Waals surface area contributed by atoms with Crippen LogP contribution in [0.15, 0.2) is 18.3 Å². The van der Waals surface area contributed by atoms with Crippen molar-refractivity contribution < 1.29 is 9.53 Å². The molecule has 5 nitrogen and oxygen atoms in total. The Morgan fingerprint density at radius 2 is 2.23 bits per heavy atom. The molecule has 1 fully saturated rings. The van der Waals surface area contributed by atoms with Crippen molar-refractivity contribution in [3.63, 3.8) is 0 Å². The van der Waals surface area contributed by atoms with Crippen LogP contribution in [0.2, 0.25) is 0 Å². The van der Waals surface area contributed by atoms with Gasteiger partial charge in [-0.3, -0.25) is 9.78 Å². The predicted molar refractivity (Wildman–Crippen MR) is 85.2 cm³/mol. The normalized spacial score (nSPS) is 18.5. The summed E-state index contributed by atoms with van der Waals surface area (Å²) in [6.07, 6.45) is 1.69. The van der Waals surface area contributed by atoms with Crippen LogP contribution in [0.1, 0.15) is 37.7 Å². The average Bonchev–Trinajstić information content (AvgIpc) is 2.85. The van der Waals surface area contributed by atoms with E-state index in [2.05, 4.69) is 9.97 Å². The highest BCUT2D eigenvalue weighted by Gasteiger charge is 2.28. The first-order chi connectivity index (χ1) is 10.5. The van der Waals surface area contributed by atoms with Gasteiger partial charge < -0.3 is 9.64 Å². The number of hydrogen-bond donors (Lipinski definition) is 0. The van der Waals surface area contributed by atoms with Gasteiger partial charge in [0.2, 0.25) is 0 Å². The third-order valence-electron chi connectivity index (χ3n) is 3.74. The van der Waals surface area contributed by atoms with Crippen LogP contribution in [0, 0.1) is 20.8 Å². The molecule has 1 atom stereocenters. The van der Waals surface area contributed by atoms with Crippen LogP contribution >= 0.6 is 11.3 Å². The minimum atomic E-state index is -0.0891. The Morgan fingerprint density at radius 3 is 2.91 bits per heavy atom. The number of amides is 1. The molecule has 1 aliphatic rings. The second-order valence-electron chi connectivity index (χ2n) is 5.49. The van der Waals surface area contributed by atoms with Crippen molar-refractivity contribution in [3.05, 3.63) is 45.2 Å². The van der Waals surface area contributed by atoms with E-state index in [9.17, 15) is 4.79 Å². The molecule has 0 radical (unpaired) electrons. The number of thiazole rings is 1.